The molecular weight excluding hydrogens is 423 g/mol. The maximum atomic E-state index is 12.9. The highest BCUT2D eigenvalue weighted by molar-refractivity contribution is 7.89. The molecule has 150 valence electrons. The Bertz CT molecular complexity index is 952. The molecule has 1 atom stereocenters. The number of nitrogens with one attached hydrogen (secondary N) is 1. The molecule has 1 saturated heterocycles. The van der Waals surface area contributed by atoms with Gasteiger partial charge in [0.25, 0.3) is 5.91 Å². The van der Waals surface area contributed by atoms with Crippen LogP contribution in [-0.4, -0.2) is 51.0 Å². The minimum Gasteiger partial charge on any atom is -0.366 e. The summed E-state index contributed by atoms with van der Waals surface area (Å²) in [5.74, 6) is -0.355. The van der Waals surface area contributed by atoms with E-state index in [-0.39, 0.29) is 35.5 Å². The molecule has 1 amide bonds. The smallest absolute Gasteiger partial charge is 0.250 e. The lowest BCUT2D eigenvalue weighted by molar-refractivity contribution is -0.136. The maximum absolute atomic E-state index is 12.9. The van der Waals surface area contributed by atoms with Crippen molar-refractivity contribution in [3.05, 3.63) is 64.1 Å². The molecule has 0 aliphatic carbocycles. The summed E-state index contributed by atoms with van der Waals surface area (Å²) < 4.78 is 32.4. The van der Waals surface area contributed by atoms with Gasteiger partial charge in [0.15, 0.2) is 0 Å². The first kappa shape index (κ1) is 21.1. The monoisotopic (exact) mass is 442 g/mol. The fourth-order valence-corrected chi connectivity index (χ4v) is 5.08. The lowest BCUT2D eigenvalue weighted by atomic mass is 10.1. The summed E-state index contributed by atoms with van der Waals surface area (Å²) in [6.45, 7) is 0.606. The summed E-state index contributed by atoms with van der Waals surface area (Å²) in [6, 6.07) is 13.6. The zero-order valence-electron chi connectivity index (χ0n) is 15.0. The molecule has 3 rings (SSSR count). The summed E-state index contributed by atoms with van der Waals surface area (Å²) in [5.41, 5.74) is 0.928. The number of rotatable bonds is 6. The molecule has 0 aromatic heterocycles. The molecule has 1 fully saturated rings. The molecule has 0 spiro atoms. The number of amides is 1. The number of morpholine rings is 1. The zero-order valence-corrected chi connectivity index (χ0v) is 17.3. The van der Waals surface area contributed by atoms with Crippen molar-refractivity contribution in [2.75, 3.05) is 26.2 Å². The molecular formula is C19H20Cl2N2O4S. The van der Waals surface area contributed by atoms with Gasteiger partial charge in [0.05, 0.1) is 11.6 Å². The number of halogens is 2. The van der Waals surface area contributed by atoms with Crippen LogP contribution in [0.2, 0.25) is 10.0 Å². The van der Waals surface area contributed by atoms with E-state index in [9.17, 15) is 13.2 Å². The summed E-state index contributed by atoms with van der Waals surface area (Å²) in [5, 5.41) is 3.57. The topological polar surface area (TPSA) is 75.7 Å². The first-order chi connectivity index (χ1) is 13.4. The van der Waals surface area contributed by atoms with Crippen molar-refractivity contribution in [3.8, 4) is 0 Å². The number of hydrogen-bond donors (Lipinski definition) is 1. The van der Waals surface area contributed by atoms with Gasteiger partial charge in [-0.2, -0.15) is 4.31 Å². The second-order valence-corrected chi connectivity index (χ2v) is 9.01. The van der Waals surface area contributed by atoms with Crippen molar-refractivity contribution in [2.45, 2.75) is 17.4 Å². The van der Waals surface area contributed by atoms with Gasteiger partial charge in [-0.3, -0.25) is 4.79 Å². The van der Waals surface area contributed by atoms with Gasteiger partial charge in [-0.15, -0.1) is 0 Å². The summed E-state index contributed by atoms with van der Waals surface area (Å²) >= 11 is 12.1. The Labute approximate surface area is 174 Å². The molecule has 1 aliphatic rings. The van der Waals surface area contributed by atoms with Gasteiger partial charge in [-0.1, -0.05) is 53.5 Å². The Morgan fingerprint density at radius 3 is 2.50 bits per heavy atom. The summed E-state index contributed by atoms with van der Waals surface area (Å²) in [4.78, 5) is 12.5. The first-order valence-electron chi connectivity index (χ1n) is 8.77. The van der Waals surface area contributed by atoms with E-state index < -0.39 is 16.1 Å². The number of carbonyl (C=O) groups excluding carboxylic acids is 1. The van der Waals surface area contributed by atoms with Crippen LogP contribution < -0.4 is 5.32 Å². The zero-order chi connectivity index (χ0) is 20.1. The number of benzene rings is 2. The Morgan fingerprint density at radius 2 is 1.79 bits per heavy atom. The van der Waals surface area contributed by atoms with E-state index in [4.69, 9.17) is 27.9 Å². The van der Waals surface area contributed by atoms with E-state index in [2.05, 4.69) is 5.32 Å². The third kappa shape index (κ3) is 4.85. The normalized spacial score (nSPS) is 18.0. The Hall–Kier alpha value is -1.64. The van der Waals surface area contributed by atoms with Gasteiger partial charge in [-0.05, 0) is 30.2 Å². The molecule has 1 N–H and O–H groups in total. The SMILES string of the molecule is O=C(NCCc1ccccc1Cl)C1CN(S(=O)(=O)c2ccccc2Cl)CCO1. The van der Waals surface area contributed by atoms with E-state index in [0.717, 1.165) is 5.56 Å². The summed E-state index contributed by atoms with van der Waals surface area (Å²) in [6.07, 6.45) is -0.308. The quantitative estimate of drug-likeness (QED) is 0.745. The van der Waals surface area contributed by atoms with Crippen LogP contribution >= 0.6 is 23.2 Å². The van der Waals surface area contributed by atoms with Crippen LogP contribution in [0.5, 0.6) is 0 Å². The van der Waals surface area contributed by atoms with Crippen LogP contribution in [0.1, 0.15) is 5.56 Å². The van der Waals surface area contributed by atoms with Gasteiger partial charge in [0, 0.05) is 24.7 Å². The number of nitrogens with zero attached hydrogens (tertiary/aromatic N) is 1. The predicted molar refractivity (Wildman–Crippen MR) is 108 cm³/mol. The van der Waals surface area contributed by atoms with Crippen LogP contribution in [0.3, 0.4) is 0 Å². The minimum atomic E-state index is -3.80. The number of carbonyl (C=O) groups is 1. The average Bonchev–Trinajstić information content (AvgIpc) is 2.69. The van der Waals surface area contributed by atoms with Crippen molar-refractivity contribution in [2.24, 2.45) is 0 Å². The third-order valence-electron chi connectivity index (χ3n) is 4.43. The molecule has 6 nitrogen and oxygen atoms in total. The average molecular weight is 443 g/mol. The van der Waals surface area contributed by atoms with Crippen molar-refractivity contribution < 1.29 is 17.9 Å². The molecule has 9 heteroatoms. The van der Waals surface area contributed by atoms with Gasteiger partial charge >= 0.3 is 0 Å². The van der Waals surface area contributed by atoms with Gasteiger partial charge in [0.2, 0.25) is 10.0 Å². The van der Waals surface area contributed by atoms with E-state index in [1.165, 1.54) is 16.4 Å². The highest BCUT2D eigenvalue weighted by Crippen LogP contribution is 2.25. The fraction of sp³-hybridized carbons (Fsp3) is 0.316. The molecule has 0 radical (unpaired) electrons. The molecule has 2 aromatic rings. The highest BCUT2D eigenvalue weighted by atomic mass is 35.5. The van der Waals surface area contributed by atoms with E-state index in [0.29, 0.717) is 18.0 Å². The van der Waals surface area contributed by atoms with Gasteiger partial charge < -0.3 is 10.1 Å². The van der Waals surface area contributed by atoms with Crippen LogP contribution in [0, 0.1) is 0 Å². The van der Waals surface area contributed by atoms with Crippen LogP contribution in [0.25, 0.3) is 0 Å². The molecule has 1 unspecified atom stereocenters. The number of hydrogen-bond acceptors (Lipinski definition) is 4. The van der Waals surface area contributed by atoms with Gasteiger partial charge in [-0.25, -0.2) is 8.42 Å². The van der Waals surface area contributed by atoms with Gasteiger partial charge in [0.1, 0.15) is 11.0 Å². The van der Waals surface area contributed by atoms with Crippen LogP contribution in [-0.2, 0) is 26.0 Å². The van der Waals surface area contributed by atoms with Crippen molar-refractivity contribution in [3.63, 3.8) is 0 Å². The largest absolute Gasteiger partial charge is 0.366 e. The first-order valence-corrected chi connectivity index (χ1v) is 11.0. The van der Waals surface area contributed by atoms with Crippen LogP contribution in [0.15, 0.2) is 53.4 Å². The molecule has 1 aliphatic heterocycles. The Kier molecular flexibility index (Phi) is 6.95. The molecule has 0 saturated carbocycles. The fourth-order valence-electron chi connectivity index (χ4n) is 2.93. The highest BCUT2D eigenvalue weighted by Gasteiger charge is 2.34. The molecule has 0 bridgehead atoms. The van der Waals surface area contributed by atoms with Crippen molar-refractivity contribution >= 4 is 39.1 Å². The van der Waals surface area contributed by atoms with E-state index in [1.807, 2.05) is 18.2 Å². The second kappa shape index (κ2) is 9.24. The van der Waals surface area contributed by atoms with E-state index >= 15 is 0 Å². The standard InChI is InChI=1S/C19H20Cl2N2O4S/c20-15-6-2-1-5-14(15)9-10-22-19(24)17-13-23(11-12-27-17)28(25,26)18-8-4-3-7-16(18)21/h1-8,17H,9-13H2,(H,22,24). The number of ether oxygens (including phenoxy) is 1. The summed E-state index contributed by atoms with van der Waals surface area (Å²) in [7, 11) is -3.80. The number of sulfonamides is 1. The van der Waals surface area contributed by atoms with Crippen LogP contribution in [0.4, 0.5) is 0 Å². The van der Waals surface area contributed by atoms with E-state index in [1.54, 1.807) is 18.2 Å². The Morgan fingerprint density at radius 1 is 1.11 bits per heavy atom. The predicted octanol–water partition coefficient (Wildman–Crippen LogP) is 2.74. The maximum Gasteiger partial charge on any atom is 0.250 e. The van der Waals surface area contributed by atoms with Crippen molar-refractivity contribution in [1.29, 1.82) is 0 Å². The minimum absolute atomic E-state index is 0.0245. The lowest BCUT2D eigenvalue weighted by Gasteiger charge is -2.31. The molecule has 2 aromatic carbocycles. The second-order valence-electron chi connectivity index (χ2n) is 6.29. The molecule has 1 heterocycles. The Balaban J connectivity index is 1.60. The van der Waals surface area contributed by atoms with Crippen molar-refractivity contribution in [1.82, 2.24) is 9.62 Å². The lowest BCUT2D eigenvalue weighted by Crippen LogP contribution is -2.51. The third-order valence-corrected chi connectivity index (χ3v) is 7.16. The molecule has 28 heavy (non-hydrogen) atoms.